The molecular formula is C10H3Cl2F3N4O2SSe. The molecule has 0 amide bonds. The van der Waals surface area contributed by atoms with E-state index in [9.17, 15) is 21.6 Å². The molecule has 0 unspecified atom stereocenters. The van der Waals surface area contributed by atoms with Crippen molar-refractivity contribution in [1.82, 2.24) is 19.6 Å². The number of nitrogens with zero attached hydrogens (tertiary/aromatic N) is 4. The summed E-state index contributed by atoms with van der Waals surface area (Å²) in [7, 11) is 1.00. The van der Waals surface area contributed by atoms with Gasteiger partial charge in [0, 0.05) is 0 Å². The van der Waals surface area contributed by atoms with E-state index >= 15 is 0 Å². The fraction of sp³-hybridized carbons (Fsp3) is 0.100. The number of imidazole rings is 1. The molecule has 0 aromatic carbocycles. The molecule has 0 aliphatic rings. The zero-order valence-corrected chi connectivity index (χ0v) is 14.6. The van der Waals surface area contributed by atoms with Crippen molar-refractivity contribution < 1.29 is 21.6 Å². The third kappa shape index (κ3) is 2.99. The van der Waals surface area contributed by atoms with Gasteiger partial charge in [0.2, 0.25) is 0 Å². The van der Waals surface area contributed by atoms with Gasteiger partial charge in [-0.3, -0.25) is 0 Å². The van der Waals surface area contributed by atoms with Crippen LogP contribution >= 0.6 is 22.3 Å². The van der Waals surface area contributed by atoms with Gasteiger partial charge in [0.1, 0.15) is 0 Å². The SMILES string of the molecule is O=S(=O)(Cl)c1cc(F)n2c(Cl)nc(-c3nnc(C(F)F)[se]3)c2c1. The number of alkyl halides is 2. The zero-order valence-electron chi connectivity index (χ0n) is 10.5. The van der Waals surface area contributed by atoms with Crippen LogP contribution in [-0.2, 0) is 9.05 Å². The number of halogens is 5. The summed E-state index contributed by atoms with van der Waals surface area (Å²) in [6.07, 6.45) is -2.77. The van der Waals surface area contributed by atoms with Gasteiger partial charge in [0.15, 0.2) is 0 Å². The maximum atomic E-state index is 14.1. The summed E-state index contributed by atoms with van der Waals surface area (Å²) >= 11 is 4.89. The van der Waals surface area contributed by atoms with Crippen LogP contribution in [0, 0.1) is 5.95 Å². The van der Waals surface area contributed by atoms with Crippen LogP contribution in [0.5, 0.6) is 0 Å². The number of rotatable bonds is 3. The standard InChI is InChI=1S/C10H3Cl2F3N4O2SSe/c11-10-16-6(8-17-18-9(23-8)7(14)15)4-1-3(22(12,20)21)2-5(13)19(4)10/h1-2,7H. The third-order valence-corrected chi connectivity index (χ3v) is 6.29. The van der Waals surface area contributed by atoms with Crippen molar-refractivity contribution in [3.63, 3.8) is 0 Å². The molecule has 3 aromatic rings. The number of fused-ring (bicyclic) bond motifs is 1. The van der Waals surface area contributed by atoms with E-state index in [0.29, 0.717) is 6.07 Å². The molecule has 0 aliphatic heterocycles. The Labute approximate surface area is 142 Å². The molecule has 0 bridgehead atoms. The second kappa shape index (κ2) is 5.75. The van der Waals surface area contributed by atoms with Crippen LogP contribution in [0.4, 0.5) is 13.2 Å². The molecule has 122 valence electrons. The van der Waals surface area contributed by atoms with Crippen LogP contribution in [-0.4, -0.2) is 42.5 Å². The molecule has 23 heavy (non-hydrogen) atoms. The number of hydrogen-bond acceptors (Lipinski definition) is 5. The normalized spacial score (nSPS) is 12.4. The zero-order chi connectivity index (χ0) is 16.9. The van der Waals surface area contributed by atoms with E-state index < -0.39 is 45.4 Å². The molecule has 0 spiro atoms. The Morgan fingerprint density at radius 3 is 2.52 bits per heavy atom. The molecule has 6 nitrogen and oxygen atoms in total. The Morgan fingerprint density at radius 2 is 1.96 bits per heavy atom. The van der Waals surface area contributed by atoms with Crippen molar-refractivity contribution in [2.45, 2.75) is 11.3 Å². The molecule has 3 aromatic heterocycles. The number of pyridine rings is 1. The molecule has 3 rings (SSSR count). The first-order chi connectivity index (χ1) is 10.7. The molecular weight excluding hydrogens is 447 g/mol. The maximum absolute atomic E-state index is 14.1. The van der Waals surface area contributed by atoms with Gasteiger partial charge in [-0.2, -0.15) is 0 Å². The fourth-order valence-corrected chi connectivity index (χ4v) is 4.29. The third-order valence-electron chi connectivity index (χ3n) is 2.74. The summed E-state index contributed by atoms with van der Waals surface area (Å²) in [5, 5.41) is 6.65. The Hall–Kier alpha value is -1.13. The molecule has 0 saturated carbocycles. The van der Waals surface area contributed by atoms with Gasteiger partial charge in [0.05, 0.1) is 0 Å². The Morgan fingerprint density at radius 1 is 1.26 bits per heavy atom. The molecule has 0 atom stereocenters. The first-order valence-corrected chi connectivity index (χ1v) is 10.0. The fourth-order valence-electron chi connectivity index (χ4n) is 1.82. The predicted octanol–water partition coefficient (Wildman–Crippen LogP) is 2.51. The van der Waals surface area contributed by atoms with Gasteiger partial charge in [-0.25, -0.2) is 0 Å². The Kier molecular flexibility index (Phi) is 4.18. The van der Waals surface area contributed by atoms with Crippen molar-refractivity contribution >= 4 is 51.4 Å². The summed E-state index contributed by atoms with van der Waals surface area (Å²) < 4.78 is 62.6. The van der Waals surface area contributed by atoms with Crippen molar-refractivity contribution in [3.05, 3.63) is 27.9 Å². The first-order valence-electron chi connectivity index (χ1n) is 5.62. The topological polar surface area (TPSA) is 77.2 Å². The minimum atomic E-state index is -4.21. The van der Waals surface area contributed by atoms with Crippen molar-refractivity contribution in [1.29, 1.82) is 0 Å². The van der Waals surface area contributed by atoms with E-state index in [1.54, 1.807) is 0 Å². The molecule has 0 N–H and O–H groups in total. The summed E-state index contributed by atoms with van der Waals surface area (Å²) in [5.41, 5.74) is -0.0731. The van der Waals surface area contributed by atoms with E-state index in [-0.39, 0.29) is 21.1 Å². The second-order valence-corrected chi connectivity index (χ2v) is 9.17. The number of hydrogen-bond donors (Lipinski definition) is 0. The van der Waals surface area contributed by atoms with Gasteiger partial charge >= 0.3 is 142 Å². The Balaban J connectivity index is 2.30. The van der Waals surface area contributed by atoms with E-state index in [2.05, 4.69) is 15.2 Å². The molecule has 0 saturated heterocycles. The van der Waals surface area contributed by atoms with Crippen LogP contribution in [0.2, 0.25) is 5.28 Å². The molecule has 0 fully saturated rings. The van der Waals surface area contributed by atoms with Gasteiger partial charge in [-0.05, 0) is 0 Å². The van der Waals surface area contributed by atoms with Gasteiger partial charge in [0.25, 0.3) is 0 Å². The quantitative estimate of drug-likeness (QED) is 0.349. The summed E-state index contributed by atoms with van der Waals surface area (Å²) in [6.45, 7) is 0. The first kappa shape index (κ1) is 16.7. The molecule has 13 heteroatoms. The van der Waals surface area contributed by atoms with Crippen LogP contribution in [0.25, 0.3) is 15.8 Å². The van der Waals surface area contributed by atoms with E-state index in [1.807, 2.05) is 0 Å². The van der Waals surface area contributed by atoms with Crippen LogP contribution in [0.15, 0.2) is 17.0 Å². The van der Waals surface area contributed by atoms with Crippen LogP contribution < -0.4 is 0 Å². The molecule has 0 aliphatic carbocycles. The average molecular weight is 450 g/mol. The average Bonchev–Trinajstić information content (AvgIpc) is 3.02. The van der Waals surface area contributed by atoms with E-state index in [1.165, 1.54) is 0 Å². The van der Waals surface area contributed by atoms with Gasteiger partial charge in [-0.15, -0.1) is 0 Å². The summed E-state index contributed by atoms with van der Waals surface area (Å²) in [6, 6.07) is 1.72. The van der Waals surface area contributed by atoms with Crippen LogP contribution in [0.1, 0.15) is 11.0 Å². The second-order valence-electron chi connectivity index (χ2n) is 4.15. The van der Waals surface area contributed by atoms with Crippen LogP contribution in [0.3, 0.4) is 0 Å². The summed E-state index contributed by atoms with van der Waals surface area (Å²) in [4.78, 5) is 3.36. The van der Waals surface area contributed by atoms with E-state index in [4.69, 9.17) is 22.3 Å². The predicted molar refractivity (Wildman–Crippen MR) is 76.1 cm³/mol. The van der Waals surface area contributed by atoms with Crippen molar-refractivity contribution in [2.24, 2.45) is 0 Å². The van der Waals surface area contributed by atoms with Gasteiger partial charge < -0.3 is 0 Å². The van der Waals surface area contributed by atoms with Crippen molar-refractivity contribution in [2.75, 3.05) is 0 Å². The monoisotopic (exact) mass is 450 g/mol. The van der Waals surface area contributed by atoms with Gasteiger partial charge in [-0.1, -0.05) is 0 Å². The minimum absolute atomic E-state index is 0.0181. The summed E-state index contributed by atoms with van der Waals surface area (Å²) in [5.74, 6) is -1.02. The van der Waals surface area contributed by atoms with Crippen molar-refractivity contribution in [3.8, 4) is 10.3 Å². The Bertz CT molecular complexity index is 1020. The molecule has 0 radical (unpaired) electrons. The van der Waals surface area contributed by atoms with E-state index in [0.717, 1.165) is 10.5 Å². The molecule has 3 heterocycles. The number of aromatic nitrogens is 4.